The fraction of sp³-hybridized carbons (Fsp3) is 0.667. The maximum absolute atomic E-state index is 10.9. The molecule has 3 N–H and O–H groups in total. The zero-order chi connectivity index (χ0) is 10.5. The van der Waals surface area contributed by atoms with E-state index in [1.165, 1.54) is 0 Å². The van der Waals surface area contributed by atoms with Gasteiger partial charge in [0.15, 0.2) is 11.8 Å². The topological polar surface area (TPSA) is 61.3 Å². The zero-order valence-corrected chi connectivity index (χ0v) is 9.93. The average Bonchev–Trinajstić information content (AvgIpc) is 1.95. The first kappa shape index (κ1) is 15.9. The Bertz CT molecular complexity index is 199. The Morgan fingerprint density at radius 1 is 1.50 bits per heavy atom. The SMILES string of the molecule is C=C(C)C(=O)OCCC[N+](C)(C)Cl.N. The molecular formula is C9H20ClN2O2+. The molecule has 84 valence electrons. The fourth-order valence-electron chi connectivity index (χ4n) is 0.729. The lowest BCUT2D eigenvalue weighted by Gasteiger charge is -2.17. The average molecular weight is 224 g/mol. The fourth-order valence-corrected chi connectivity index (χ4v) is 0.848. The monoisotopic (exact) mass is 223 g/mol. The van der Waals surface area contributed by atoms with Crippen LogP contribution in [0.3, 0.4) is 0 Å². The van der Waals surface area contributed by atoms with E-state index in [1.54, 1.807) is 6.92 Å². The van der Waals surface area contributed by atoms with Gasteiger partial charge >= 0.3 is 5.97 Å². The number of rotatable bonds is 5. The van der Waals surface area contributed by atoms with Gasteiger partial charge in [-0.3, -0.25) is 0 Å². The maximum atomic E-state index is 10.9. The van der Waals surface area contributed by atoms with Crippen LogP contribution < -0.4 is 6.15 Å². The van der Waals surface area contributed by atoms with Crippen molar-refractivity contribution in [1.82, 2.24) is 6.15 Å². The number of hydrogen-bond donors (Lipinski definition) is 1. The van der Waals surface area contributed by atoms with Crippen molar-refractivity contribution in [2.75, 3.05) is 27.2 Å². The second-order valence-electron chi connectivity index (χ2n) is 3.53. The molecule has 0 heterocycles. The highest BCUT2D eigenvalue weighted by molar-refractivity contribution is 6.06. The van der Waals surface area contributed by atoms with Crippen molar-refractivity contribution in [3.05, 3.63) is 12.2 Å². The van der Waals surface area contributed by atoms with E-state index in [-0.39, 0.29) is 12.1 Å². The minimum Gasteiger partial charge on any atom is -0.462 e. The molecule has 0 aliphatic heterocycles. The number of halogens is 1. The van der Waals surface area contributed by atoms with E-state index < -0.39 is 0 Å². The van der Waals surface area contributed by atoms with Gasteiger partial charge in [0.2, 0.25) is 0 Å². The summed E-state index contributed by atoms with van der Waals surface area (Å²) in [5, 5.41) is 0. The number of carbonyl (C=O) groups is 1. The second-order valence-corrected chi connectivity index (χ2v) is 4.45. The molecule has 0 rings (SSSR count). The minimum atomic E-state index is -0.333. The van der Waals surface area contributed by atoms with Gasteiger partial charge < -0.3 is 10.9 Å². The van der Waals surface area contributed by atoms with E-state index in [4.69, 9.17) is 16.5 Å². The lowest BCUT2D eigenvalue weighted by molar-refractivity contribution is -0.771. The molecule has 0 aromatic rings. The molecule has 0 fully saturated rings. The van der Waals surface area contributed by atoms with E-state index >= 15 is 0 Å². The summed E-state index contributed by atoms with van der Waals surface area (Å²) in [6.07, 6.45) is 0.759. The molecule has 5 heteroatoms. The van der Waals surface area contributed by atoms with Crippen LogP contribution in [0.2, 0.25) is 0 Å². The third-order valence-corrected chi connectivity index (χ3v) is 1.58. The molecule has 0 aliphatic carbocycles. The summed E-state index contributed by atoms with van der Waals surface area (Å²) in [6, 6.07) is 0. The van der Waals surface area contributed by atoms with Crippen LogP contribution in [0.4, 0.5) is 0 Å². The van der Waals surface area contributed by atoms with Crippen LogP contribution in [-0.2, 0) is 9.53 Å². The van der Waals surface area contributed by atoms with Crippen LogP contribution in [0.15, 0.2) is 12.2 Å². The Morgan fingerprint density at radius 3 is 2.36 bits per heavy atom. The van der Waals surface area contributed by atoms with Gasteiger partial charge in [0.25, 0.3) is 0 Å². The van der Waals surface area contributed by atoms with Gasteiger partial charge in [-0.2, -0.15) is 0 Å². The number of esters is 1. The first-order valence-electron chi connectivity index (χ1n) is 4.18. The lowest BCUT2D eigenvalue weighted by atomic mass is 10.3. The maximum Gasteiger partial charge on any atom is 0.333 e. The Balaban J connectivity index is 0. The minimum absolute atomic E-state index is 0. The molecule has 0 bridgehead atoms. The van der Waals surface area contributed by atoms with Crippen LogP contribution in [-0.4, -0.2) is 37.2 Å². The number of nitrogens with zero attached hydrogens (tertiary/aromatic N) is 1. The van der Waals surface area contributed by atoms with Gasteiger partial charge in [0, 0.05) is 12.0 Å². The summed E-state index contributed by atoms with van der Waals surface area (Å²) in [7, 11) is 3.75. The van der Waals surface area contributed by atoms with Crippen molar-refractivity contribution in [2.45, 2.75) is 13.3 Å². The quantitative estimate of drug-likeness (QED) is 0.335. The lowest BCUT2D eigenvalue weighted by Crippen LogP contribution is -2.29. The first-order valence-corrected chi connectivity index (χ1v) is 4.52. The largest absolute Gasteiger partial charge is 0.462 e. The third-order valence-electron chi connectivity index (χ3n) is 1.42. The van der Waals surface area contributed by atoms with Crippen LogP contribution in [0, 0.1) is 0 Å². The van der Waals surface area contributed by atoms with E-state index in [2.05, 4.69) is 6.58 Å². The molecule has 0 aromatic heterocycles. The van der Waals surface area contributed by atoms with E-state index in [1.807, 2.05) is 14.1 Å². The molecule has 14 heavy (non-hydrogen) atoms. The molecule has 4 nitrogen and oxygen atoms in total. The third kappa shape index (κ3) is 9.51. The van der Waals surface area contributed by atoms with Crippen LogP contribution in [0.25, 0.3) is 0 Å². The second kappa shape index (κ2) is 6.81. The smallest absolute Gasteiger partial charge is 0.333 e. The highest BCUT2D eigenvalue weighted by Gasteiger charge is 2.11. The van der Waals surface area contributed by atoms with E-state index in [0.717, 1.165) is 13.0 Å². The predicted molar refractivity (Wildman–Crippen MR) is 58.2 cm³/mol. The van der Waals surface area contributed by atoms with Crippen molar-refractivity contribution >= 4 is 17.7 Å². The molecule has 0 spiro atoms. The van der Waals surface area contributed by atoms with Crippen molar-refractivity contribution < 1.29 is 13.5 Å². The highest BCUT2D eigenvalue weighted by Crippen LogP contribution is 2.03. The Hall–Kier alpha value is -0.580. The highest BCUT2D eigenvalue weighted by atomic mass is 35.5. The van der Waals surface area contributed by atoms with E-state index in [0.29, 0.717) is 16.2 Å². The summed E-state index contributed by atoms with van der Waals surface area (Å²) in [5.41, 5.74) is 0.430. The Morgan fingerprint density at radius 2 is 2.00 bits per heavy atom. The number of ether oxygens (including phenoxy) is 1. The predicted octanol–water partition coefficient (Wildman–Crippen LogP) is 1.89. The van der Waals surface area contributed by atoms with Crippen molar-refractivity contribution in [1.29, 1.82) is 0 Å². The molecule has 0 aromatic carbocycles. The summed E-state index contributed by atoms with van der Waals surface area (Å²) in [5.74, 6) is -0.333. The zero-order valence-electron chi connectivity index (χ0n) is 9.18. The standard InChI is InChI=1S/C9H17ClNO2.H3N/c1-8(2)9(12)13-7-5-6-11(3,4)10;/h1,5-7H2,2-4H3;1H3/q+1;. The van der Waals surface area contributed by atoms with Crippen LogP contribution in [0.1, 0.15) is 13.3 Å². The molecule has 0 radical (unpaired) electrons. The molecule has 0 unspecified atom stereocenters. The van der Waals surface area contributed by atoms with Gasteiger partial charge in [-0.15, -0.1) is 0 Å². The van der Waals surface area contributed by atoms with Gasteiger partial charge in [0.05, 0.1) is 27.2 Å². The van der Waals surface area contributed by atoms with Gasteiger partial charge in [0.1, 0.15) is 0 Å². The molecule has 0 atom stereocenters. The van der Waals surface area contributed by atoms with Gasteiger partial charge in [-0.25, -0.2) is 8.80 Å². The summed E-state index contributed by atoms with van der Waals surface area (Å²) < 4.78 is 5.26. The van der Waals surface area contributed by atoms with Crippen LogP contribution in [0.5, 0.6) is 0 Å². The Labute approximate surface area is 90.8 Å². The van der Waals surface area contributed by atoms with Crippen LogP contribution >= 0.6 is 11.8 Å². The van der Waals surface area contributed by atoms with Gasteiger partial charge in [-0.05, 0) is 6.92 Å². The van der Waals surface area contributed by atoms with Crippen molar-refractivity contribution in [2.24, 2.45) is 0 Å². The summed E-state index contributed by atoms with van der Waals surface area (Å²) in [6.45, 7) is 6.28. The Kier molecular flexibility index (Phi) is 7.72. The molecular weight excluding hydrogens is 204 g/mol. The molecule has 0 saturated heterocycles. The summed E-state index contributed by atoms with van der Waals surface area (Å²) >= 11 is 5.89. The van der Waals surface area contributed by atoms with Crippen molar-refractivity contribution in [3.8, 4) is 0 Å². The van der Waals surface area contributed by atoms with Crippen molar-refractivity contribution in [3.63, 3.8) is 0 Å². The normalized spacial score (nSPS) is 10.3. The molecule has 0 aliphatic rings. The number of carbonyl (C=O) groups excluding carboxylic acids is 1. The number of hydrogen-bond acceptors (Lipinski definition) is 3. The van der Waals surface area contributed by atoms with E-state index in [9.17, 15) is 4.79 Å². The van der Waals surface area contributed by atoms with Gasteiger partial charge in [-0.1, -0.05) is 6.58 Å². The molecule has 0 saturated carbocycles. The molecule has 0 amide bonds. The first-order chi connectivity index (χ1) is 5.83. The number of quaternary nitrogens is 1. The summed E-state index contributed by atoms with van der Waals surface area (Å²) in [4.78, 5) is 10.9.